The van der Waals surface area contributed by atoms with Crippen LogP contribution in [0.25, 0.3) is 0 Å². The second-order valence-electron chi connectivity index (χ2n) is 4.24. The molecule has 1 atom stereocenters. The average Bonchev–Trinajstić information content (AvgIpc) is 2.35. The maximum Gasteiger partial charge on any atom is 0.220 e. The van der Waals surface area contributed by atoms with Crippen LogP contribution >= 0.6 is 0 Å². The summed E-state index contributed by atoms with van der Waals surface area (Å²) in [6.45, 7) is 4.73. The van der Waals surface area contributed by atoms with Crippen LogP contribution in [0, 0.1) is 0 Å². The SMILES string of the molecule is CCOc1cccc(CNC(=O)CCC(C)O)c1. The number of ether oxygens (including phenoxy) is 1. The van der Waals surface area contributed by atoms with Crippen LogP contribution in [0.5, 0.6) is 5.75 Å². The number of amides is 1. The van der Waals surface area contributed by atoms with Crippen molar-refractivity contribution < 1.29 is 14.6 Å². The first kappa shape index (κ1) is 14.5. The van der Waals surface area contributed by atoms with E-state index in [-0.39, 0.29) is 5.91 Å². The van der Waals surface area contributed by atoms with Gasteiger partial charge in [0.1, 0.15) is 5.75 Å². The third-order valence-corrected chi connectivity index (χ3v) is 2.49. The molecule has 1 rings (SSSR count). The summed E-state index contributed by atoms with van der Waals surface area (Å²) in [4.78, 5) is 11.5. The molecule has 0 radical (unpaired) electrons. The van der Waals surface area contributed by atoms with Gasteiger partial charge in [0.2, 0.25) is 5.91 Å². The van der Waals surface area contributed by atoms with Crippen molar-refractivity contribution in [1.29, 1.82) is 0 Å². The first-order valence-electron chi connectivity index (χ1n) is 6.28. The van der Waals surface area contributed by atoms with E-state index in [4.69, 9.17) is 9.84 Å². The number of aliphatic hydroxyl groups excluding tert-OH is 1. The van der Waals surface area contributed by atoms with Crippen molar-refractivity contribution >= 4 is 5.91 Å². The van der Waals surface area contributed by atoms with E-state index in [9.17, 15) is 4.79 Å². The van der Waals surface area contributed by atoms with Crippen molar-refractivity contribution in [3.63, 3.8) is 0 Å². The van der Waals surface area contributed by atoms with E-state index in [1.807, 2.05) is 31.2 Å². The van der Waals surface area contributed by atoms with E-state index >= 15 is 0 Å². The van der Waals surface area contributed by atoms with Gasteiger partial charge in [-0.25, -0.2) is 0 Å². The molecule has 1 aromatic rings. The van der Waals surface area contributed by atoms with Gasteiger partial charge in [-0.15, -0.1) is 0 Å². The van der Waals surface area contributed by atoms with Gasteiger partial charge in [0, 0.05) is 13.0 Å². The van der Waals surface area contributed by atoms with Crippen LogP contribution in [0.1, 0.15) is 32.3 Å². The summed E-state index contributed by atoms with van der Waals surface area (Å²) in [5.74, 6) is 0.769. The van der Waals surface area contributed by atoms with Gasteiger partial charge in [-0.05, 0) is 38.0 Å². The highest BCUT2D eigenvalue weighted by Gasteiger charge is 2.04. The molecule has 0 aliphatic heterocycles. The third-order valence-electron chi connectivity index (χ3n) is 2.49. The minimum Gasteiger partial charge on any atom is -0.494 e. The highest BCUT2D eigenvalue weighted by atomic mass is 16.5. The molecule has 2 N–H and O–H groups in total. The van der Waals surface area contributed by atoms with Gasteiger partial charge in [0.15, 0.2) is 0 Å². The lowest BCUT2D eigenvalue weighted by Crippen LogP contribution is -2.23. The minimum absolute atomic E-state index is 0.0438. The molecule has 0 bridgehead atoms. The van der Waals surface area contributed by atoms with E-state index in [1.165, 1.54) is 0 Å². The Balaban J connectivity index is 2.38. The zero-order chi connectivity index (χ0) is 13.4. The van der Waals surface area contributed by atoms with Crippen LogP contribution < -0.4 is 10.1 Å². The van der Waals surface area contributed by atoms with E-state index in [2.05, 4.69) is 5.32 Å². The van der Waals surface area contributed by atoms with Gasteiger partial charge in [-0.2, -0.15) is 0 Å². The maximum absolute atomic E-state index is 11.5. The number of hydrogen-bond donors (Lipinski definition) is 2. The topological polar surface area (TPSA) is 58.6 Å². The van der Waals surface area contributed by atoms with Gasteiger partial charge >= 0.3 is 0 Å². The summed E-state index contributed by atoms with van der Waals surface area (Å²) < 4.78 is 5.39. The molecule has 0 aliphatic rings. The molecule has 0 aromatic heterocycles. The van der Waals surface area contributed by atoms with Gasteiger partial charge in [-0.3, -0.25) is 4.79 Å². The smallest absolute Gasteiger partial charge is 0.220 e. The summed E-state index contributed by atoms with van der Waals surface area (Å²) in [7, 11) is 0. The normalized spacial score (nSPS) is 11.9. The fourth-order valence-corrected chi connectivity index (χ4v) is 1.54. The molecule has 4 nitrogen and oxygen atoms in total. The maximum atomic E-state index is 11.5. The summed E-state index contributed by atoms with van der Waals surface area (Å²) in [6, 6.07) is 7.65. The Kier molecular flexibility index (Phi) is 6.22. The van der Waals surface area contributed by atoms with Gasteiger partial charge in [-0.1, -0.05) is 12.1 Å². The number of rotatable bonds is 7. The molecule has 0 saturated carbocycles. The molecule has 0 fully saturated rings. The van der Waals surface area contributed by atoms with Crippen LogP contribution in [-0.2, 0) is 11.3 Å². The Hall–Kier alpha value is -1.55. The second-order valence-corrected chi connectivity index (χ2v) is 4.24. The number of carbonyl (C=O) groups is 1. The molecule has 4 heteroatoms. The predicted molar refractivity (Wildman–Crippen MR) is 70.4 cm³/mol. The molecule has 0 aliphatic carbocycles. The fraction of sp³-hybridized carbons (Fsp3) is 0.500. The first-order valence-corrected chi connectivity index (χ1v) is 6.28. The van der Waals surface area contributed by atoms with Crippen molar-refractivity contribution in [1.82, 2.24) is 5.32 Å². The number of carbonyl (C=O) groups excluding carboxylic acids is 1. The number of hydrogen-bond acceptors (Lipinski definition) is 3. The predicted octanol–water partition coefficient (Wildman–Crippen LogP) is 1.86. The Bertz CT molecular complexity index is 377. The highest BCUT2D eigenvalue weighted by Crippen LogP contribution is 2.13. The number of benzene rings is 1. The Morgan fingerprint density at radius 2 is 2.28 bits per heavy atom. The molecule has 0 heterocycles. The largest absolute Gasteiger partial charge is 0.494 e. The van der Waals surface area contributed by atoms with Gasteiger partial charge in [0.25, 0.3) is 0 Å². The lowest BCUT2D eigenvalue weighted by Gasteiger charge is -2.08. The molecule has 100 valence electrons. The van der Waals surface area contributed by atoms with Crippen molar-refractivity contribution in [2.45, 2.75) is 39.3 Å². The summed E-state index contributed by atoms with van der Waals surface area (Å²) >= 11 is 0. The molecule has 18 heavy (non-hydrogen) atoms. The lowest BCUT2D eigenvalue weighted by atomic mass is 10.2. The summed E-state index contributed by atoms with van der Waals surface area (Å²) in [6.07, 6.45) is 0.408. The standard InChI is InChI=1S/C14H21NO3/c1-3-18-13-6-4-5-12(9-13)10-15-14(17)8-7-11(2)16/h4-6,9,11,16H,3,7-8,10H2,1-2H3,(H,15,17). The molecular weight excluding hydrogens is 230 g/mol. The third kappa shape index (κ3) is 5.68. The average molecular weight is 251 g/mol. The van der Waals surface area contributed by atoms with Crippen molar-refractivity contribution in [3.8, 4) is 5.75 Å². The molecule has 1 aromatic carbocycles. The number of nitrogens with one attached hydrogen (secondary N) is 1. The lowest BCUT2D eigenvalue weighted by molar-refractivity contribution is -0.121. The van der Waals surface area contributed by atoms with Crippen LogP contribution in [0.15, 0.2) is 24.3 Å². The monoisotopic (exact) mass is 251 g/mol. The van der Waals surface area contributed by atoms with Gasteiger partial charge in [0.05, 0.1) is 12.7 Å². The summed E-state index contributed by atoms with van der Waals surface area (Å²) in [5.41, 5.74) is 1.01. The molecular formula is C14H21NO3. The van der Waals surface area contributed by atoms with Gasteiger partial charge < -0.3 is 15.2 Å². The first-order chi connectivity index (χ1) is 8.61. The van der Waals surface area contributed by atoms with Crippen LogP contribution in [0.3, 0.4) is 0 Å². The molecule has 0 spiro atoms. The number of aliphatic hydroxyl groups is 1. The quantitative estimate of drug-likeness (QED) is 0.777. The Morgan fingerprint density at radius 1 is 1.50 bits per heavy atom. The van der Waals surface area contributed by atoms with E-state index in [0.717, 1.165) is 11.3 Å². The minimum atomic E-state index is -0.433. The second kappa shape index (κ2) is 7.71. The zero-order valence-electron chi connectivity index (χ0n) is 11.0. The Labute approximate surface area is 108 Å². The van der Waals surface area contributed by atoms with E-state index in [1.54, 1.807) is 6.92 Å². The summed E-state index contributed by atoms with van der Waals surface area (Å²) in [5, 5.41) is 11.9. The van der Waals surface area contributed by atoms with Crippen LogP contribution in [0.2, 0.25) is 0 Å². The zero-order valence-corrected chi connectivity index (χ0v) is 11.0. The molecule has 0 saturated heterocycles. The highest BCUT2D eigenvalue weighted by molar-refractivity contribution is 5.75. The van der Waals surface area contributed by atoms with Crippen LogP contribution in [-0.4, -0.2) is 23.7 Å². The molecule has 1 amide bonds. The molecule has 1 unspecified atom stereocenters. The van der Waals surface area contributed by atoms with Crippen molar-refractivity contribution in [2.75, 3.05) is 6.61 Å². The fourth-order valence-electron chi connectivity index (χ4n) is 1.54. The van der Waals surface area contributed by atoms with E-state index < -0.39 is 6.10 Å². The van der Waals surface area contributed by atoms with Crippen molar-refractivity contribution in [2.24, 2.45) is 0 Å². The van der Waals surface area contributed by atoms with E-state index in [0.29, 0.717) is 26.0 Å². The van der Waals surface area contributed by atoms with Crippen LogP contribution in [0.4, 0.5) is 0 Å². The Morgan fingerprint density at radius 3 is 2.94 bits per heavy atom. The van der Waals surface area contributed by atoms with Crippen molar-refractivity contribution in [3.05, 3.63) is 29.8 Å².